The number of aromatic nitrogens is 2. The first-order valence-electron chi connectivity index (χ1n) is 19.1. The van der Waals surface area contributed by atoms with Crippen LogP contribution in [-0.2, 0) is 21.1 Å². The van der Waals surface area contributed by atoms with Crippen molar-refractivity contribution in [1.82, 2.24) is 18.7 Å². The molecule has 0 unspecified atom stereocenters. The molecule has 59 heavy (non-hydrogen) atoms. The summed E-state index contributed by atoms with van der Waals surface area (Å²) in [5, 5.41) is 4.21. The van der Waals surface area contributed by atoms with Crippen molar-refractivity contribution in [2.45, 2.75) is 0 Å². The second-order valence-electron chi connectivity index (χ2n) is 14.1. The Bertz CT molecular complexity index is 3260. The fourth-order valence-corrected chi connectivity index (χ4v) is 8.13. The first-order valence-corrected chi connectivity index (χ1v) is 19.1. The van der Waals surface area contributed by atoms with Crippen LogP contribution in [0.3, 0.4) is 0 Å². The molecule has 0 N–H and O–H groups in total. The van der Waals surface area contributed by atoms with E-state index in [-0.39, 0.29) is 26.9 Å². The number of fused-ring (bicyclic) bond motifs is 6. The van der Waals surface area contributed by atoms with Gasteiger partial charge in [-0.15, -0.1) is 23.6 Å². The summed E-state index contributed by atoms with van der Waals surface area (Å²) in [5.41, 5.74) is 9.81. The number of hydrogen-bond donors (Lipinski definition) is 0. The van der Waals surface area contributed by atoms with E-state index < -0.39 is 0 Å². The molecule has 10 aromatic rings. The topological polar surface area (TPSA) is 33.1 Å². The molecule has 0 amide bonds. The van der Waals surface area contributed by atoms with Crippen LogP contribution < -0.4 is 13.9 Å². The third kappa shape index (κ3) is 6.27. The van der Waals surface area contributed by atoms with E-state index in [1.165, 1.54) is 18.3 Å². The van der Waals surface area contributed by atoms with Crippen LogP contribution in [0.1, 0.15) is 0 Å². The predicted molar refractivity (Wildman–Crippen MR) is 232 cm³/mol. The molecule has 8 aromatic carbocycles. The van der Waals surface area contributed by atoms with Crippen LogP contribution in [0.25, 0.3) is 60.6 Å². The van der Waals surface area contributed by atoms with Gasteiger partial charge in [0.2, 0.25) is 5.69 Å². The Hall–Kier alpha value is -7.23. The molecule has 0 radical (unpaired) electrons. The predicted octanol–water partition coefficient (Wildman–Crippen LogP) is 13.1. The average molecular weight is 942 g/mol. The van der Waals surface area contributed by atoms with Gasteiger partial charge in [-0.3, -0.25) is 0 Å². The number of nitrogens with zero attached hydrogens (tertiary/aromatic N) is 4. The smallest absolute Gasteiger partial charge is 0.509 e. The minimum atomic E-state index is -0.363. The summed E-state index contributed by atoms with van der Waals surface area (Å²) < 4.78 is 27.2. The van der Waals surface area contributed by atoms with Crippen molar-refractivity contribution < 1.29 is 30.2 Å². The zero-order valence-electron chi connectivity index (χ0n) is 31.3. The third-order valence-electron chi connectivity index (χ3n) is 10.7. The Morgan fingerprint density at radius 3 is 2.00 bits per heavy atom. The summed E-state index contributed by atoms with van der Waals surface area (Å²) in [6, 6.07) is 71.7. The van der Waals surface area contributed by atoms with E-state index in [4.69, 9.17) is 4.74 Å². The van der Waals surface area contributed by atoms with Crippen molar-refractivity contribution in [3.8, 4) is 39.6 Å². The molecule has 0 spiro atoms. The molecule has 11 rings (SSSR count). The first kappa shape index (κ1) is 36.1. The van der Waals surface area contributed by atoms with E-state index in [0.29, 0.717) is 17.3 Å². The number of hydrogen-bond acceptors (Lipinski definition) is 2. The Kier molecular flexibility index (Phi) is 9.14. The number of para-hydroxylation sites is 2. The molecule has 2 aromatic heterocycles. The summed E-state index contributed by atoms with van der Waals surface area (Å²) in [7, 11) is 0. The van der Waals surface area contributed by atoms with Gasteiger partial charge < -0.3 is 9.30 Å². The van der Waals surface area contributed by atoms with Crippen molar-refractivity contribution >= 4 is 61.3 Å². The minimum absolute atomic E-state index is 0. The maximum Gasteiger partial charge on any atom is 2.00 e. The van der Waals surface area contributed by atoms with E-state index in [0.717, 1.165) is 77.6 Å². The van der Waals surface area contributed by atoms with Gasteiger partial charge in [0.1, 0.15) is 17.3 Å². The molecule has 3 heterocycles. The molecular weight excluding hydrogens is 911 g/mol. The molecule has 0 saturated carbocycles. The molecule has 0 atom stereocenters. The van der Waals surface area contributed by atoms with Gasteiger partial charge >= 0.3 is 32.8 Å². The summed E-state index contributed by atoms with van der Waals surface area (Å²) in [6.45, 7) is 0. The largest absolute Gasteiger partial charge is 2.00 e. The zero-order chi connectivity index (χ0) is 38.6. The Balaban J connectivity index is 0.00000420. The number of rotatable bonds is 7. The molecule has 5 nitrogen and oxygen atoms in total. The molecule has 0 fully saturated rings. The summed E-state index contributed by atoms with van der Waals surface area (Å²) in [4.78, 5) is 4.50. The SMILES string of the molecule is Fc1ccnc(-n2c3[c-]c(Oc4[c-]c([N+]5=C=[N+](c6c(-c7ccccc7)cccc6-c6ccccc6)c6c5ccc5ccccc65)ccc4)ccc3c3ccccc32)c1.[Pt+2]. The second-order valence-corrected chi connectivity index (χ2v) is 14.1. The maximum atomic E-state index is 14.5. The van der Waals surface area contributed by atoms with Gasteiger partial charge in [0.05, 0.1) is 16.5 Å². The monoisotopic (exact) mass is 941 g/mol. The van der Waals surface area contributed by atoms with Crippen molar-refractivity contribution in [2.75, 3.05) is 0 Å². The molecular formula is C52H31FN4OPt+2. The third-order valence-corrected chi connectivity index (χ3v) is 10.7. The van der Waals surface area contributed by atoms with Crippen molar-refractivity contribution in [3.63, 3.8) is 0 Å². The van der Waals surface area contributed by atoms with Crippen LogP contribution >= 0.6 is 0 Å². The van der Waals surface area contributed by atoms with Crippen molar-refractivity contribution in [2.24, 2.45) is 0 Å². The van der Waals surface area contributed by atoms with E-state index in [1.807, 2.05) is 71.3 Å². The Morgan fingerprint density at radius 2 is 1.24 bits per heavy atom. The number of ether oxygens (including phenoxy) is 1. The normalized spacial score (nSPS) is 11.9. The van der Waals surface area contributed by atoms with Gasteiger partial charge in [-0.05, 0) is 62.9 Å². The van der Waals surface area contributed by atoms with E-state index in [1.54, 1.807) is 0 Å². The molecule has 280 valence electrons. The fraction of sp³-hybridized carbons (Fsp3) is 0. The van der Waals surface area contributed by atoms with Crippen LogP contribution in [0.4, 0.5) is 27.1 Å². The van der Waals surface area contributed by atoms with Crippen molar-refractivity contribution in [1.29, 1.82) is 0 Å². The van der Waals surface area contributed by atoms with Crippen LogP contribution in [0.5, 0.6) is 11.5 Å². The molecule has 0 bridgehead atoms. The van der Waals surface area contributed by atoms with E-state index >= 15 is 0 Å². The maximum absolute atomic E-state index is 14.5. The summed E-state index contributed by atoms with van der Waals surface area (Å²) >= 11 is 0. The van der Waals surface area contributed by atoms with Crippen LogP contribution in [-0.4, -0.2) is 15.6 Å². The van der Waals surface area contributed by atoms with E-state index in [9.17, 15) is 4.39 Å². The van der Waals surface area contributed by atoms with Crippen LogP contribution in [0.15, 0.2) is 188 Å². The molecule has 7 heteroatoms. The molecule has 0 saturated heterocycles. The van der Waals surface area contributed by atoms with Gasteiger partial charge in [0, 0.05) is 35.3 Å². The first-order chi connectivity index (χ1) is 28.7. The summed E-state index contributed by atoms with van der Waals surface area (Å²) in [5.74, 6) is 1.11. The summed E-state index contributed by atoms with van der Waals surface area (Å²) in [6.07, 6.45) is 1.48. The van der Waals surface area contributed by atoms with Gasteiger partial charge in [0.25, 0.3) is 5.69 Å². The fourth-order valence-electron chi connectivity index (χ4n) is 8.13. The number of benzene rings is 8. The second kappa shape index (κ2) is 14.9. The van der Waals surface area contributed by atoms with Gasteiger partial charge in [-0.2, -0.15) is 12.1 Å². The van der Waals surface area contributed by atoms with Gasteiger partial charge in [0.15, 0.2) is 0 Å². The van der Waals surface area contributed by atoms with Gasteiger partial charge in [-0.1, -0.05) is 125 Å². The number of halogens is 1. The quantitative estimate of drug-likeness (QED) is 0.118. The van der Waals surface area contributed by atoms with Crippen LogP contribution in [0.2, 0.25) is 0 Å². The number of pyridine rings is 1. The Labute approximate surface area is 354 Å². The molecule has 0 aliphatic carbocycles. The minimum Gasteiger partial charge on any atom is -0.509 e. The molecule has 1 aliphatic rings. The zero-order valence-corrected chi connectivity index (χ0v) is 33.6. The molecule has 1 aliphatic heterocycles. The van der Waals surface area contributed by atoms with Crippen molar-refractivity contribution in [3.05, 3.63) is 206 Å². The van der Waals surface area contributed by atoms with Crippen LogP contribution in [0, 0.1) is 17.9 Å². The van der Waals surface area contributed by atoms with E-state index in [2.05, 4.69) is 135 Å². The Morgan fingerprint density at radius 1 is 0.559 bits per heavy atom. The standard InChI is InChI=1S/C52H31FN4O.Pt/c53-38-29-30-54-50(31-38)57-47-24-10-9-21-45(47)46-27-26-41(33-49(46)57)58-40-19-11-18-39(32-40)55-34-56(52-44-20-8-7-17-37(44)25-28-48(52)55)51-42(35-13-3-1-4-14-35)22-12-23-43(51)36-15-5-2-6-16-36;/h1-31H;/q;+2. The van der Waals surface area contributed by atoms with Gasteiger partial charge in [-0.25, -0.2) is 9.37 Å². The average Bonchev–Trinajstić information content (AvgIpc) is 3.83.